The van der Waals surface area contributed by atoms with E-state index in [1.54, 1.807) is 0 Å². The van der Waals surface area contributed by atoms with Crippen molar-refractivity contribution in [2.24, 2.45) is 0 Å². The lowest BCUT2D eigenvalue weighted by molar-refractivity contribution is -0.142. The van der Waals surface area contributed by atoms with Crippen molar-refractivity contribution in [2.45, 2.75) is 18.9 Å². The van der Waals surface area contributed by atoms with E-state index in [9.17, 15) is 4.79 Å². The second-order valence-corrected chi connectivity index (χ2v) is 10.1. The number of hydrogen-bond acceptors (Lipinski definition) is 3. The molecule has 0 aromatic heterocycles. The van der Waals surface area contributed by atoms with Gasteiger partial charge in [-0.1, -0.05) is 91.0 Å². The third kappa shape index (κ3) is 3.59. The van der Waals surface area contributed by atoms with Crippen molar-refractivity contribution < 1.29 is 14.0 Å². The fourth-order valence-electron chi connectivity index (χ4n) is 3.69. The highest BCUT2D eigenvalue weighted by molar-refractivity contribution is 7.07. The highest BCUT2D eigenvalue weighted by Gasteiger charge is 2.42. The highest BCUT2D eigenvalue weighted by atomic mass is 28.4. The summed E-state index contributed by atoms with van der Waals surface area (Å²) in [5.74, 6) is -0.130. The smallest absolute Gasteiger partial charge is 0.306 e. The Morgan fingerprint density at radius 1 is 0.778 bits per heavy atom. The van der Waals surface area contributed by atoms with E-state index in [4.69, 9.17) is 9.16 Å². The normalized spacial score (nSPS) is 16.9. The van der Waals surface area contributed by atoms with Crippen LogP contribution in [-0.4, -0.2) is 27.0 Å². The minimum Gasteiger partial charge on any atom is -0.460 e. The van der Waals surface area contributed by atoms with Crippen LogP contribution in [0.2, 0.25) is 0 Å². The summed E-state index contributed by atoms with van der Waals surface area (Å²) < 4.78 is 12.2. The van der Waals surface area contributed by atoms with Gasteiger partial charge in [-0.3, -0.25) is 4.79 Å². The third-order valence-electron chi connectivity index (χ3n) is 5.00. The first-order valence-electron chi connectivity index (χ1n) is 9.29. The van der Waals surface area contributed by atoms with Crippen LogP contribution in [0.25, 0.3) is 0 Å². The van der Waals surface area contributed by atoms with Crippen molar-refractivity contribution in [3.63, 3.8) is 0 Å². The highest BCUT2D eigenvalue weighted by Crippen LogP contribution is 2.17. The summed E-state index contributed by atoms with van der Waals surface area (Å²) >= 11 is 0. The average molecular weight is 375 g/mol. The lowest BCUT2D eigenvalue weighted by Gasteiger charge is -2.33. The van der Waals surface area contributed by atoms with Crippen LogP contribution in [0, 0.1) is 0 Å². The van der Waals surface area contributed by atoms with Crippen LogP contribution >= 0.6 is 0 Å². The van der Waals surface area contributed by atoms with E-state index in [-0.39, 0.29) is 12.1 Å². The van der Waals surface area contributed by atoms with E-state index in [0.717, 1.165) is 6.42 Å². The maximum atomic E-state index is 11.5. The molecule has 0 radical (unpaired) electrons. The number of cyclic esters (lactones) is 1. The molecule has 1 aliphatic heterocycles. The van der Waals surface area contributed by atoms with Gasteiger partial charge in [0.15, 0.2) is 0 Å². The van der Waals surface area contributed by atoms with Crippen LogP contribution in [0.1, 0.15) is 12.8 Å². The van der Waals surface area contributed by atoms with Gasteiger partial charge in [0.2, 0.25) is 0 Å². The van der Waals surface area contributed by atoms with Gasteiger partial charge < -0.3 is 9.16 Å². The lowest BCUT2D eigenvalue weighted by Crippen LogP contribution is -2.69. The zero-order chi connectivity index (χ0) is 18.5. The molecule has 0 spiro atoms. The molecular formula is C23H22O3Si. The maximum Gasteiger partial charge on any atom is 0.306 e. The van der Waals surface area contributed by atoms with E-state index in [1.165, 1.54) is 15.6 Å². The van der Waals surface area contributed by atoms with Crippen LogP contribution in [0.3, 0.4) is 0 Å². The van der Waals surface area contributed by atoms with Crippen molar-refractivity contribution in [1.29, 1.82) is 0 Å². The molecule has 1 heterocycles. The van der Waals surface area contributed by atoms with Gasteiger partial charge >= 0.3 is 5.97 Å². The summed E-state index contributed by atoms with van der Waals surface area (Å²) in [7, 11) is -2.70. The van der Waals surface area contributed by atoms with Gasteiger partial charge in [0, 0.05) is 6.42 Å². The van der Waals surface area contributed by atoms with E-state index in [1.807, 2.05) is 18.2 Å². The quantitative estimate of drug-likeness (QED) is 0.378. The average Bonchev–Trinajstić information content (AvgIpc) is 3.16. The predicted octanol–water partition coefficient (Wildman–Crippen LogP) is 2.38. The molecule has 3 aromatic carbocycles. The molecule has 1 aliphatic rings. The van der Waals surface area contributed by atoms with Gasteiger partial charge in [0.05, 0.1) is 6.61 Å². The van der Waals surface area contributed by atoms with Crippen molar-refractivity contribution in [2.75, 3.05) is 6.61 Å². The van der Waals surface area contributed by atoms with Crippen LogP contribution in [-0.2, 0) is 14.0 Å². The van der Waals surface area contributed by atoms with Crippen LogP contribution in [0.5, 0.6) is 0 Å². The zero-order valence-corrected chi connectivity index (χ0v) is 16.1. The molecule has 4 heteroatoms. The summed E-state index contributed by atoms with van der Waals surface area (Å²) in [6.07, 6.45) is 1.03. The van der Waals surface area contributed by atoms with Crippen molar-refractivity contribution in [3.8, 4) is 0 Å². The van der Waals surface area contributed by atoms with E-state index >= 15 is 0 Å². The van der Waals surface area contributed by atoms with Crippen molar-refractivity contribution in [3.05, 3.63) is 91.0 Å². The second-order valence-electron chi connectivity index (χ2n) is 6.74. The number of benzene rings is 3. The standard InChI is InChI=1S/C23H22O3Si/c24-23-17-16-19(26-23)18-25-27(20-10-4-1-5-11-20,21-12-6-2-7-13-21)22-14-8-3-9-15-22/h1-15,19H,16-18H2/t19-/m1/s1. The Bertz CT molecular complexity index is 785. The minimum absolute atomic E-state index is 0.130. The number of rotatable bonds is 6. The molecule has 4 rings (SSSR count). The monoisotopic (exact) mass is 374 g/mol. The Hall–Kier alpha value is -2.69. The molecule has 0 amide bonds. The molecule has 1 atom stereocenters. The fourth-order valence-corrected chi connectivity index (χ4v) is 7.61. The number of carbonyl (C=O) groups excluding carboxylic acids is 1. The van der Waals surface area contributed by atoms with Gasteiger partial charge in [-0.25, -0.2) is 0 Å². The number of hydrogen-bond donors (Lipinski definition) is 0. The Morgan fingerprint density at radius 2 is 1.22 bits per heavy atom. The third-order valence-corrected chi connectivity index (χ3v) is 9.03. The Morgan fingerprint density at radius 3 is 1.59 bits per heavy atom. The maximum absolute atomic E-state index is 11.5. The SMILES string of the molecule is O=C1CC[C@H](CO[Si](c2ccccc2)(c2ccccc2)c2ccccc2)O1. The Kier molecular flexibility index (Phi) is 5.18. The van der Waals surface area contributed by atoms with Gasteiger partial charge in [-0.15, -0.1) is 0 Å². The van der Waals surface area contributed by atoms with E-state index in [2.05, 4.69) is 72.8 Å². The molecule has 1 saturated heterocycles. The van der Waals surface area contributed by atoms with Crippen molar-refractivity contribution in [1.82, 2.24) is 0 Å². The Balaban J connectivity index is 1.82. The molecule has 0 aliphatic carbocycles. The van der Waals surface area contributed by atoms with Gasteiger partial charge in [-0.05, 0) is 22.0 Å². The van der Waals surface area contributed by atoms with Crippen LogP contribution in [0.4, 0.5) is 0 Å². The summed E-state index contributed by atoms with van der Waals surface area (Å²) in [4.78, 5) is 11.5. The molecule has 3 aromatic rings. The zero-order valence-electron chi connectivity index (χ0n) is 15.1. The van der Waals surface area contributed by atoms with Crippen LogP contribution < -0.4 is 15.6 Å². The molecule has 0 unspecified atom stereocenters. The summed E-state index contributed by atoms with van der Waals surface area (Å²) in [6, 6.07) is 31.3. The molecular weight excluding hydrogens is 352 g/mol. The summed E-state index contributed by atoms with van der Waals surface area (Å²) in [5.41, 5.74) is 0. The number of esters is 1. The van der Waals surface area contributed by atoms with Gasteiger partial charge in [0.25, 0.3) is 8.32 Å². The largest absolute Gasteiger partial charge is 0.460 e. The van der Waals surface area contributed by atoms with Gasteiger partial charge in [-0.2, -0.15) is 0 Å². The first kappa shape index (κ1) is 17.7. The molecule has 0 N–H and O–H groups in total. The number of carbonyl (C=O) groups is 1. The van der Waals surface area contributed by atoms with E-state index < -0.39 is 8.32 Å². The van der Waals surface area contributed by atoms with Gasteiger partial charge in [0.1, 0.15) is 6.10 Å². The molecule has 136 valence electrons. The first-order valence-corrected chi connectivity index (χ1v) is 11.2. The molecule has 0 saturated carbocycles. The fraction of sp³-hybridized carbons (Fsp3) is 0.174. The number of ether oxygens (including phenoxy) is 1. The predicted molar refractivity (Wildman–Crippen MR) is 109 cm³/mol. The molecule has 1 fully saturated rings. The summed E-state index contributed by atoms with van der Waals surface area (Å²) in [5, 5.41) is 3.56. The molecule has 3 nitrogen and oxygen atoms in total. The Labute approximate surface area is 160 Å². The first-order chi connectivity index (χ1) is 13.3. The molecule has 27 heavy (non-hydrogen) atoms. The minimum atomic E-state index is -2.70. The topological polar surface area (TPSA) is 35.5 Å². The van der Waals surface area contributed by atoms with Crippen molar-refractivity contribution >= 4 is 29.8 Å². The lowest BCUT2D eigenvalue weighted by atomic mass is 10.2. The van der Waals surface area contributed by atoms with E-state index in [0.29, 0.717) is 13.0 Å². The van der Waals surface area contributed by atoms with Crippen LogP contribution in [0.15, 0.2) is 91.0 Å². The summed E-state index contributed by atoms with van der Waals surface area (Å²) in [6.45, 7) is 0.413. The second kappa shape index (κ2) is 7.90. The molecule has 0 bridgehead atoms.